The molecule has 1 amide bonds. The Bertz CT molecular complexity index is 628. The normalized spacial score (nSPS) is 10.4. The molecule has 7 heteroatoms. The summed E-state index contributed by atoms with van der Waals surface area (Å²) in [6, 6.07) is 5.02. The summed E-state index contributed by atoms with van der Waals surface area (Å²) < 4.78 is 6.57. The van der Waals surface area contributed by atoms with Crippen LogP contribution >= 0.6 is 11.6 Å². The summed E-state index contributed by atoms with van der Waals surface area (Å²) in [4.78, 5) is 11.9. The molecule has 0 radical (unpaired) electrons. The lowest BCUT2D eigenvalue weighted by Crippen LogP contribution is -2.19. The number of benzene rings is 1. The zero-order valence-corrected chi connectivity index (χ0v) is 12.3. The Kier molecular flexibility index (Phi) is 5.19. The molecule has 0 bridgehead atoms. The molecule has 0 aliphatic rings. The summed E-state index contributed by atoms with van der Waals surface area (Å²) in [7, 11) is 1.53. The van der Waals surface area contributed by atoms with Crippen molar-refractivity contribution in [1.29, 1.82) is 0 Å². The van der Waals surface area contributed by atoms with Crippen LogP contribution in [0.15, 0.2) is 30.6 Å². The van der Waals surface area contributed by atoms with E-state index in [1.165, 1.54) is 11.8 Å². The number of aromatic nitrogens is 2. The molecule has 0 spiro atoms. The van der Waals surface area contributed by atoms with Crippen molar-refractivity contribution in [3.05, 3.63) is 41.2 Å². The summed E-state index contributed by atoms with van der Waals surface area (Å²) in [6.07, 6.45) is 3.89. The minimum absolute atomic E-state index is 0.0578. The third-order valence-electron chi connectivity index (χ3n) is 2.83. The van der Waals surface area contributed by atoms with Gasteiger partial charge in [-0.15, -0.1) is 0 Å². The third-order valence-corrected chi connectivity index (χ3v) is 3.12. The van der Waals surface area contributed by atoms with Crippen molar-refractivity contribution in [3.8, 4) is 5.75 Å². The van der Waals surface area contributed by atoms with E-state index >= 15 is 0 Å². The highest BCUT2D eigenvalue weighted by Gasteiger charge is 2.07. The number of nitrogens with zero attached hydrogens (tertiary/aromatic N) is 2. The second kappa shape index (κ2) is 7.10. The van der Waals surface area contributed by atoms with Crippen LogP contribution in [0.1, 0.15) is 5.56 Å². The van der Waals surface area contributed by atoms with Crippen molar-refractivity contribution in [3.63, 3.8) is 0 Å². The Morgan fingerprint density at radius 2 is 2.33 bits per heavy atom. The largest absolute Gasteiger partial charge is 0.495 e. The summed E-state index contributed by atoms with van der Waals surface area (Å²) in [5.41, 5.74) is 1.48. The van der Waals surface area contributed by atoms with Gasteiger partial charge in [0.05, 0.1) is 18.3 Å². The van der Waals surface area contributed by atoms with Gasteiger partial charge in [0.15, 0.2) is 0 Å². The van der Waals surface area contributed by atoms with Gasteiger partial charge in [0.2, 0.25) is 5.91 Å². The Morgan fingerprint density at radius 3 is 3.00 bits per heavy atom. The molecule has 2 N–H and O–H groups in total. The van der Waals surface area contributed by atoms with Gasteiger partial charge in [-0.05, 0) is 30.2 Å². The van der Waals surface area contributed by atoms with Gasteiger partial charge >= 0.3 is 0 Å². The molecular weight excluding hydrogens is 294 g/mol. The molecule has 0 atom stereocenters. The highest BCUT2D eigenvalue weighted by Crippen LogP contribution is 2.27. The fraction of sp³-hybridized carbons (Fsp3) is 0.286. The number of halogens is 1. The molecule has 112 valence electrons. The molecule has 1 aromatic carbocycles. The SMILES string of the molecule is COc1ccc(NC(=O)Cn2cc(CCO)cn2)cc1Cl. The highest BCUT2D eigenvalue weighted by atomic mass is 35.5. The van der Waals surface area contributed by atoms with Crippen LogP contribution in [0.25, 0.3) is 0 Å². The van der Waals surface area contributed by atoms with Gasteiger partial charge in [-0.25, -0.2) is 0 Å². The Hall–Kier alpha value is -2.05. The predicted octanol–water partition coefficient (Wildman–Crippen LogP) is 1.72. The van der Waals surface area contributed by atoms with Gasteiger partial charge in [-0.3, -0.25) is 9.48 Å². The standard InChI is InChI=1S/C14H16ClN3O3/c1-21-13-3-2-11(6-12(13)15)17-14(20)9-18-8-10(4-5-19)7-16-18/h2-3,6-8,19H,4-5,9H2,1H3,(H,17,20). The van der Waals surface area contributed by atoms with Crippen molar-refractivity contribution < 1.29 is 14.6 Å². The first-order valence-corrected chi connectivity index (χ1v) is 6.75. The van der Waals surface area contributed by atoms with E-state index in [1.807, 2.05) is 0 Å². The van der Waals surface area contributed by atoms with Crippen molar-refractivity contribution in [1.82, 2.24) is 9.78 Å². The summed E-state index contributed by atoms with van der Waals surface area (Å²) in [5.74, 6) is 0.338. The van der Waals surface area contributed by atoms with E-state index in [-0.39, 0.29) is 19.1 Å². The van der Waals surface area contributed by atoms with Crippen LogP contribution in [0.5, 0.6) is 5.75 Å². The van der Waals surface area contributed by atoms with Crippen molar-refractivity contribution in [2.75, 3.05) is 19.0 Å². The van der Waals surface area contributed by atoms with Crippen LogP contribution < -0.4 is 10.1 Å². The second-order valence-electron chi connectivity index (χ2n) is 4.42. The number of carbonyl (C=O) groups excluding carboxylic acids is 1. The van der Waals surface area contributed by atoms with E-state index in [4.69, 9.17) is 21.4 Å². The van der Waals surface area contributed by atoms with Crippen LogP contribution in [0, 0.1) is 0 Å². The highest BCUT2D eigenvalue weighted by molar-refractivity contribution is 6.32. The number of amides is 1. The topological polar surface area (TPSA) is 76.4 Å². The molecule has 0 fully saturated rings. The van der Waals surface area contributed by atoms with Crippen molar-refractivity contribution in [2.45, 2.75) is 13.0 Å². The first kappa shape index (κ1) is 15.3. The fourth-order valence-corrected chi connectivity index (χ4v) is 2.10. The van der Waals surface area contributed by atoms with E-state index < -0.39 is 0 Å². The maximum Gasteiger partial charge on any atom is 0.246 e. The van der Waals surface area contributed by atoms with E-state index in [0.717, 1.165) is 5.56 Å². The summed E-state index contributed by atoms with van der Waals surface area (Å²) >= 11 is 5.99. The van der Waals surface area contributed by atoms with Crippen LogP contribution in [-0.2, 0) is 17.8 Å². The number of aliphatic hydroxyl groups is 1. The van der Waals surface area contributed by atoms with Gasteiger partial charge in [-0.1, -0.05) is 11.6 Å². The Morgan fingerprint density at radius 1 is 1.52 bits per heavy atom. The lowest BCUT2D eigenvalue weighted by Gasteiger charge is -2.08. The molecular formula is C14H16ClN3O3. The van der Waals surface area contributed by atoms with E-state index in [1.54, 1.807) is 30.6 Å². The lowest BCUT2D eigenvalue weighted by molar-refractivity contribution is -0.116. The Balaban J connectivity index is 1.96. The Labute approximate surface area is 127 Å². The van der Waals surface area contributed by atoms with Crippen LogP contribution in [0.4, 0.5) is 5.69 Å². The number of aliphatic hydroxyl groups excluding tert-OH is 1. The average Bonchev–Trinajstić information content (AvgIpc) is 2.86. The molecule has 0 aliphatic carbocycles. The van der Waals surface area contributed by atoms with Crippen molar-refractivity contribution >= 4 is 23.2 Å². The second-order valence-corrected chi connectivity index (χ2v) is 4.82. The molecule has 1 heterocycles. The molecule has 0 saturated carbocycles. The van der Waals surface area contributed by atoms with Gasteiger partial charge in [0.25, 0.3) is 0 Å². The van der Waals surface area contributed by atoms with E-state index in [9.17, 15) is 4.79 Å². The maximum atomic E-state index is 11.9. The van der Waals surface area contributed by atoms with Crippen LogP contribution in [0.3, 0.4) is 0 Å². The first-order chi connectivity index (χ1) is 10.1. The number of nitrogens with one attached hydrogen (secondary N) is 1. The molecule has 1 aromatic heterocycles. The first-order valence-electron chi connectivity index (χ1n) is 6.38. The number of carbonyl (C=O) groups is 1. The third kappa shape index (κ3) is 4.21. The number of rotatable bonds is 6. The predicted molar refractivity (Wildman–Crippen MR) is 79.7 cm³/mol. The maximum absolute atomic E-state index is 11.9. The van der Waals surface area contributed by atoms with Gasteiger partial charge in [0, 0.05) is 18.5 Å². The molecule has 2 aromatic rings. The number of hydrogen-bond acceptors (Lipinski definition) is 4. The fourth-order valence-electron chi connectivity index (χ4n) is 1.84. The zero-order valence-electron chi connectivity index (χ0n) is 11.5. The summed E-state index contributed by atoms with van der Waals surface area (Å²) in [6.45, 7) is 0.150. The molecule has 0 aliphatic heterocycles. The minimum Gasteiger partial charge on any atom is -0.495 e. The molecule has 2 rings (SSSR count). The van der Waals surface area contributed by atoms with Crippen molar-refractivity contribution in [2.24, 2.45) is 0 Å². The number of hydrogen-bond donors (Lipinski definition) is 2. The van der Waals surface area contributed by atoms with E-state index in [0.29, 0.717) is 22.9 Å². The monoisotopic (exact) mass is 309 g/mol. The van der Waals surface area contributed by atoms with Crippen LogP contribution in [0.2, 0.25) is 5.02 Å². The smallest absolute Gasteiger partial charge is 0.246 e. The molecule has 6 nitrogen and oxygen atoms in total. The van der Waals surface area contributed by atoms with Gasteiger partial charge in [0.1, 0.15) is 12.3 Å². The lowest BCUT2D eigenvalue weighted by atomic mass is 10.3. The quantitative estimate of drug-likeness (QED) is 0.852. The van der Waals surface area contributed by atoms with E-state index in [2.05, 4.69) is 10.4 Å². The minimum atomic E-state index is -0.213. The number of anilines is 1. The number of methoxy groups -OCH3 is 1. The van der Waals surface area contributed by atoms with Gasteiger partial charge in [-0.2, -0.15) is 5.10 Å². The van der Waals surface area contributed by atoms with Gasteiger partial charge < -0.3 is 15.2 Å². The molecule has 21 heavy (non-hydrogen) atoms. The average molecular weight is 310 g/mol. The molecule has 0 saturated heterocycles. The zero-order chi connectivity index (χ0) is 15.2. The van der Waals surface area contributed by atoms with Crippen LogP contribution in [-0.4, -0.2) is 34.5 Å². The summed E-state index contributed by atoms with van der Waals surface area (Å²) in [5, 5.41) is 16.1. The number of ether oxygens (including phenoxy) is 1. The molecule has 0 unspecified atom stereocenters.